The second-order valence-corrected chi connectivity index (χ2v) is 3.84. The number of aryl methyl sites for hydroxylation is 1. The van der Waals surface area contributed by atoms with Crippen LogP contribution in [-0.4, -0.2) is 33.2 Å². The number of methoxy groups -OCH3 is 1. The minimum absolute atomic E-state index is 0.00619. The summed E-state index contributed by atoms with van der Waals surface area (Å²) in [5.41, 5.74) is 1.55. The van der Waals surface area contributed by atoms with Crippen LogP contribution in [0.15, 0.2) is 24.3 Å². The van der Waals surface area contributed by atoms with Gasteiger partial charge < -0.3 is 9.84 Å². The van der Waals surface area contributed by atoms with Crippen LogP contribution >= 0.6 is 0 Å². The lowest BCUT2D eigenvalue weighted by Gasteiger charge is -2.04. The number of carbonyl (C=O) groups is 1. The molecule has 1 heterocycles. The van der Waals surface area contributed by atoms with Crippen LogP contribution < -0.4 is 4.74 Å². The molecular weight excluding hydrogens is 234 g/mol. The highest BCUT2D eigenvalue weighted by atomic mass is 16.5. The molecule has 94 valence electrons. The molecule has 0 saturated heterocycles. The first kappa shape index (κ1) is 12.1. The number of nitrogens with zero attached hydrogens (tertiary/aromatic N) is 3. The zero-order valence-electron chi connectivity index (χ0n) is 10.1. The molecular formula is C12H13N3O3. The Labute approximate surface area is 104 Å². The molecule has 0 aliphatic heterocycles. The molecule has 6 heteroatoms. The molecule has 0 bridgehead atoms. The average Bonchev–Trinajstić information content (AvgIpc) is 2.72. The van der Waals surface area contributed by atoms with Crippen molar-refractivity contribution in [3.05, 3.63) is 41.2 Å². The molecule has 0 aliphatic carbocycles. The van der Waals surface area contributed by atoms with Gasteiger partial charge in [0, 0.05) is 13.5 Å². The second kappa shape index (κ2) is 4.87. The van der Waals surface area contributed by atoms with E-state index in [-0.39, 0.29) is 5.69 Å². The summed E-state index contributed by atoms with van der Waals surface area (Å²) in [6.45, 7) is 0. The summed E-state index contributed by atoms with van der Waals surface area (Å²) in [6.07, 6.45) is 0.467. The Kier molecular flexibility index (Phi) is 3.27. The number of ether oxygens (including phenoxy) is 1. The lowest BCUT2D eigenvalue weighted by atomic mass is 10.1. The van der Waals surface area contributed by atoms with Crippen molar-refractivity contribution in [2.45, 2.75) is 6.42 Å². The van der Waals surface area contributed by atoms with E-state index in [1.807, 2.05) is 24.3 Å². The lowest BCUT2D eigenvalue weighted by Crippen LogP contribution is -2.06. The molecule has 1 N–H and O–H groups in total. The van der Waals surface area contributed by atoms with Crippen LogP contribution in [0.3, 0.4) is 0 Å². The van der Waals surface area contributed by atoms with E-state index in [0.29, 0.717) is 12.1 Å². The second-order valence-electron chi connectivity index (χ2n) is 3.84. The fourth-order valence-electron chi connectivity index (χ4n) is 1.68. The molecule has 0 amide bonds. The Bertz CT molecular complexity index is 560. The lowest BCUT2D eigenvalue weighted by molar-refractivity contribution is 0.0689. The molecule has 0 aliphatic rings. The summed E-state index contributed by atoms with van der Waals surface area (Å²) in [4.78, 5) is 11.0. The molecule has 2 rings (SSSR count). The number of benzene rings is 1. The van der Waals surface area contributed by atoms with Gasteiger partial charge in [-0.1, -0.05) is 17.3 Å². The van der Waals surface area contributed by atoms with Crippen molar-refractivity contribution in [3.63, 3.8) is 0 Å². The maximum Gasteiger partial charge on any atom is 0.358 e. The van der Waals surface area contributed by atoms with Crippen molar-refractivity contribution in [1.82, 2.24) is 15.0 Å². The topological polar surface area (TPSA) is 77.2 Å². The van der Waals surface area contributed by atoms with Gasteiger partial charge in [0.25, 0.3) is 0 Å². The van der Waals surface area contributed by atoms with Gasteiger partial charge in [-0.05, 0) is 17.7 Å². The zero-order chi connectivity index (χ0) is 13.1. The zero-order valence-corrected chi connectivity index (χ0v) is 10.1. The van der Waals surface area contributed by atoms with Crippen molar-refractivity contribution in [3.8, 4) is 5.75 Å². The largest absolute Gasteiger partial charge is 0.497 e. The molecule has 0 unspecified atom stereocenters. The fourth-order valence-corrected chi connectivity index (χ4v) is 1.68. The molecule has 0 saturated carbocycles. The number of carboxylic acids is 1. The van der Waals surface area contributed by atoms with Crippen LogP contribution in [0.5, 0.6) is 5.75 Å². The van der Waals surface area contributed by atoms with Gasteiger partial charge in [-0.25, -0.2) is 4.79 Å². The predicted octanol–water partition coefficient (Wildman–Crippen LogP) is 1.11. The number of hydrogen-bond acceptors (Lipinski definition) is 4. The van der Waals surface area contributed by atoms with Gasteiger partial charge in [-0.3, -0.25) is 4.68 Å². The molecule has 18 heavy (non-hydrogen) atoms. The molecule has 1 aromatic heterocycles. The highest BCUT2D eigenvalue weighted by molar-refractivity contribution is 5.86. The minimum atomic E-state index is -1.06. The summed E-state index contributed by atoms with van der Waals surface area (Å²) in [5.74, 6) is -0.299. The Morgan fingerprint density at radius 1 is 1.39 bits per heavy atom. The monoisotopic (exact) mass is 247 g/mol. The van der Waals surface area contributed by atoms with Gasteiger partial charge in [-0.2, -0.15) is 0 Å². The maximum absolute atomic E-state index is 11.0. The van der Waals surface area contributed by atoms with Crippen molar-refractivity contribution in [1.29, 1.82) is 0 Å². The Morgan fingerprint density at radius 2 is 2.06 bits per heavy atom. The first-order chi connectivity index (χ1) is 8.61. The number of aromatic nitrogens is 3. The third-order valence-corrected chi connectivity index (χ3v) is 2.68. The Balaban J connectivity index is 2.27. The van der Waals surface area contributed by atoms with Crippen LogP contribution in [0, 0.1) is 0 Å². The van der Waals surface area contributed by atoms with Crippen molar-refractivity contribution in [2.75, 3.05) is 7.11 Å². The molecule has 2 aromatic rings. The van der Waals surface area contributed by atoms with Gasteiger partial charge in [0.2, 0.25) is 0 Å². The molecule has 0 fully saturated rings. The van der Waals surface area contributed by atoms with Crippen molar-refractivity contribution >= 4 is 5.97 Å². The number of aromatic carboxylic acids is 1. The molecule has 6 nitrogen and oxygen atoms in total. The molecule has 0 atom stereocenters. The maximum atomic E-state index is 11.0. The van der Waals surface area contributed by atoms with Crippen molar-refractivity contribution in [2.24, 2.45) is 7.05 Å². The quantitative estimate of drug-likeness (QED) is 0.875. The summed E-state index contributed by atoms with van der Waals surface area (Å²) >= 11 is 0. The first-order valence-electron chi connectivity index (χ1n) is 5.36. The van der Waals surface area contributed by atoms with Crippen LogP contribution in [0.4, 0.5) is 0 Å². The first-order valence-corrected chi connectivity index (χ1v) is 5.36. The highest BCUT2D eigenvalue weighted by Gasteiger charge is 2.17. The standard InChI is InChI=1S/C12H13N3O3/c1-15-10(11(12(16)17)13-14-15)7-8-3-5-9(18-2)6-4-8/h3-6H,7H2,1-2H3,(H,16,17). The summed E-state index contributed by atoms with van der Waals surface area (Å²) in [6, 6.07) is 7.44. The van der Waals surface area contributed by atoms with Gasteiger partial charge in [0.15, 0.2) is 5.69 Å². The highest BCUT2D eigenvalue weighted by Crippen LogP contribution is 2.16. The number of hydrogen-bond donors (Lipinski definition) is 1. The van der Waals surface area contributed by atoms with Crippen LogP contribution in [0.2, 0.25) is 0 Å². The van der Waals surface area contributed by atoms with E-state index in [9.17, 15) is 4.79 Å². The average molecular weight is 247 g/mol. The Morgan fingerprint density at radius 3 is 2.61 bits per heavy atom. The fraction of sp³-hybridized carbons (Fsp3) is 0.250. The summed E-state index contributed by atoms with van der Waals surface area (Å²) < 4.78 is 6.55. The van der Waals surface area contributed by atoms with Crippen LogP contribution in [0.25, 0.3) is 0 Å². The molecule has 0 radical (unpaired) electrons. The van der Waals surface area contributed by atoms with E-state index in [1.165, 1.54) is 4.68 Å². The van der Waals surface area contributed by atoms with Gasteiger partial charge >= 0.3 is 5.97 Å². The number of rotatable bonds is 4. The van der Waals surface area contributed by atoms with Gasteiger partial charge in [-0.15, -0.1) is 5.10 Å². The van der Waals surface area contributed by atoms with E-state index in [2.05, 4.69) is 10.3 Å². The smallest absolute Gasteiger partial charge is 0.358 e. The van der Waals surface area contributed by atoms with E-state index in [4.69, 9.17) is 9.84 Å². The van der Waals surface area contributed by atoms with Gasteiger partial charge in [0.05, 0.1) is 12.8 Å². The summed E-state index contributed by atoms with van der Waals surface area (Å²) in [5, 5.41) is 16.4. The van der Waals surface area contributed by atoms with E-state index in [0.717, 1.165) is 11.3 Å². The SMILES string of the molecule is COc1ccc(Cc2c(C(=O)O)nnn2C)cc1. The number of carboxylic acid groups (broad SMARTS) is 1. The predicted molar refractivity (Wildman–Crippen MR) is 63.8 cm³/mol. The minimum Gasteiger partial charge on any atom is -0.497 e. The van der Waals surface area contributed by atoms with Crippen molar-refractivity contribution < 1.29 is 14.6 Å². The molecule has 1 aromatic carbocycles. The Hall–Kier alpha value is -2.37. The van der Waals surface area contributed by atoms with Crippen LogP contribution in [0.1, 0.15) is 21.7 Å². The third-order valence-electron chi connectivity index (χ3n) is 2.68. The van der Waals surface area contributed by atoms with Crippen LogP contribution in [-0.2, 0) is 13.5 Å². The van der Waals surface area contributed by atoms with Gasteiger partial charge in [0.1, 0.15) is 5.75 Å². The van der Waals surface area contributed by atoms with E-state index >= 15 is 0 Å². The third kappa shape index (κ3) is 2.32. The molecule has 0 spiro atoms. The van der Waals surface area contributed by atoms with E-state index in [1.54, 1.807) is 14.2 Å². The normalized spacial score (nSPS) is 10.3. The summed E-state index contributed by atoms with van der Waals surface area (Å²) in [7, 11) is 3.28. The van der Waals surface area contributed by atoms with E-state index < -0.39 is 5.97 Å².